The first kappa shape index (κ1) is 22.3. The molecular weight excluding hydrogens is 512 g/mol. The van der Waals surface area contributed by atoms with Crippen molar-refractivity contribution in [3.05, 3.63) is 70.8 Å². The summed E-state index contributed by atoms with van der Waals surface area (Å²) in [5.74, 6) is 0. The molecule has 0 unspecified atom stereocenters. The monoisotopic (exact) mass is 540 g/mol. The van der Waals surface area contributed by atoms with Gasteiger partial charge in [-0.1, -0.05) is 48.5 Å². The molecule has 12 heteroatoms. The topological polar surface area (TPSA) is 94.2 Å². The van der Waals surface area contributed by atoms with Crippen molar-refractivity contribution in [1.82, 2.24) is 39.2 Å². The molecule has 0 spiro atoms. The Hall–Kier alpha value is -4.48. The predicted molar refractivity (Wildman–Crippen MR) is 138 cm³/mol. The number of hydrogen-bond acceptors (Lipinski definition) is 4. The lowest BCUT2D eigenvalue weighted by Gasteiger charge is -2.63. The molecule has 0 aliphatic carbocycles. The fourth-order valence-corrected chi connectivity index (χ4v) is 7.85. The van der Waals surface area contributed by atoms with Crippen molar-refractivity contribution in [2.45, 2.75) is 63.7 Å². The van der Waals surface area contributed by atoms with Gasteiger partial charge in [-0.2, -0.15) is 0 Å². The first-order valence-corrected chi connectivity index (χ1v) is 13.9. The smallest absolute Gasteiger partial charge is 0.299 e. The molecule has 7 aliphatic heterocycles. The quantitative estimate of drug-likeness (QED) is 0.513. The fourth-order valence-electron chi connectivity index (χ4n) is 7.85. The van der Waals surface area contributed by atoms with Crippen molar-refractivity contribution in [1.29, 1.82) is 0 Å². The molecule has 40 heavy (non-hydrogen) atoms. The summed E-state index contributed by atoms with van der Waals surface area (Å²) in [6.45, 7) is 1.69. The molecule has 9 rings (SSSR count). The summed E-state index contributed by atoms with van der Waals surface area (Å²) in [4.78, 5) is 70.6. The van der Waals surface area contributed by atoms with E-state index in [0.717, 1.165) is 22.3 Å². The van der Waals surface area contributed by atoms with Crippen LogP contribution in [0.1, 0.15) is 35.1 Å². The van der Waals surface area contributed by atoms with E-state index < -0.39 is 12.3 Å². The lowest BCUT2D eigenvalue weighted by molar-refractivity contribution is -0.149. The molecule has 5 saturated heterocycles. The van der Waals surface area contributed by atoms with Gasteiger partial charge in [0.2, 0.25) is 0 Å². The molecule has 0 aromatic heterocycles. The second kappa shape index (κ2) is 7.58. The Morgan fingerprint density at radius 2 is 0.650 bits per heavy atom. The van der Waals surface area contributed by atoms with Crippen LogP contribution in [0.25, 0.3) is 0 Å². The Labute approximate surface area is 230 Å². The molecule has 2 aromatic rings. The standard InChI is InChI=1S/C28H28N8O4/c37-25-29-11-17-5-1-2-6-18(17)12-30-21(29)9-23-33(25)15-35-24-10-22-31(27(35)39)13-19-7-3-4-8-20(19)14-32(22)28(40)36(24)16-34(23)26(30)38/h1-8,21-24H,9-16H2. The number of rotatable bonds is 0. The van der Waals surface area contributed by atoms with E-state index in [9.17, 15) is 19.2 Å². The fraction of sp³-hybridized carbons (Fsp3) is 0.429. The summed E-state index contributed by atoms with van der Waals surface area (Å²) in [7, 11) is 0. The maximum Gasteiger partial charge on any atom is 0.325 e. The highest BCUT2D eigenvalue weighted by molar-refractivity contribution is 5.86. The minimum Gasteiger partial charge on any atom is -0.299 e. The van der Waals surface area contributed by atoms with Crippen molar-refractivity contribution >= 4 is 24.1 Å². The molecule has 0 atom stereocenters. The Bertz CT molecular complexity index is 1300. The molecule has 7 aliphatic rings. The van der Waals surface area contributed by atoms with Crippen LogP contribution in [0, 0.1) is 0 Å². The number of nitrogens with zero attached hydrogens (tertiary/aromatic N) is 8. The molecule has 204 valence electrons. The molecule has 8 amide bonds. The summed E-state index contributed by atoms with van der Waals surface area (Å²) in [5.41, 5.74) is 4.07. The maximum atomic E-state index is 14.2. The van der Waals surface area contributed by atoms with Crippen LogP contribution in [-0.4, -0.2) is 101 Å². The van der Waals surface area contributed by atoms with Gasteiger partial charge < -0.3 is 0 Å². The van der Waals surface area contributed by atoms with Gasteiger partial charge in [-0.15, -0.1) is 0 Å². The number of carbonyl (C=O) groups excluding carboxylic acids is 4. The van der Waals surface area contributed by atoms with Crippen LogP contribution in [0.4, 0.5) is 19.2 Å². The molecule has 4 bridgehead atoms. The van der Waals surface area contributed by atoms with Crippen LogP contribution in [0.5, 0.6) is 0 Å². The largest absolute Gasteiger partial charge is 0.325 e. The third-order valence-electron chi connectivity index (χ3n) is 9.90. The molecule has 7 heterocycles. The van der Waals surface area contributed by atoms with E-state index in [0.29, 0.717) is 39.0 Å². The number of hydrogen-bond donors (Lipinski definition) is 0. The number of urea groups is 4. The van der Waals surface area contributed by atoms with Crippen LogP contribution < -0.4 is 0 Å². The predicted octanol–water partition coefficient (Wildman–Crippen LogP) is 2.38. The van der Waals surface area contributed by atoms with Gasteiger partial charge >= 0.3 is 24.1 Å². The molecule has 12 nitrogen and oxygen atoms in total. The van der Waals surface area contributed by atoms with Crippen molar-refractivity contribution < 1.29 is 19.2 Å². The van der Waals surface area contributed by atoms with Crippen LogP contribution in [-0.2, 0) is 26.2 Å². The first-order valence-electron chi connectivity index (χ1n) is 13.9. The van der Waals surface area contributed by atoms with Crippen molar-refractivity contribution in [2.75, 3.05) is 13.3 Å². The van der Waals surface area contributed by atoms with Crippen LogP contribution >= 0.6 is 0 Å². The number of benzene rings is 2. The average molecular weight is 541 g/mol. The van der Waals surface area contributed by atoms with Crippen LogP contribution in [0.2, 0.25) is 0 Å². The summed E-state index contributed by atoms with van der Waals surface area (Å²) in [6, 6.07) is 15.1. The van der Waals surface area contributed by atoms with Gasteiger partial charge in [0.05, 0.1) is 0 Å². The van der Waals surface area contributed by atoms with Gasteiger partial charge in [0.1, 0.15) is 38.0 Å². The highest BCUT2D eigenvalue weighted by Gasteiger charge is 2.59. The molecule has 0 saturated carbocycles. The summed E-state index contributed by atoms with van der Waals surface area (Å²) in [6.07, 6.45) is -0.761. The van der Waals surface area contributed by atoms with Gasteiger partial charge in [0.25, 0.3) is 0 Å². The van der Waals surface area contributed by atoms with Crippen LogP contribution in [0.3, 0.4) is 0 Å². The van der Waals surface area contributed by atoms with Gasteiger partial charge in [-0.25, -0.2) is 19.2 Å². The highest BCUT2D eigenvalue weighted by atomic mass is 16.2. The summed E-state index contributed by atoms with van der Waals surface area (Å²) < 4.78 is 0. The zero-order chi connectivity index (χ0) is 26.9. The van der Waals surface area contributed by atoms with Crippen molar-refractivity contribution in [3.8, 4) is 0 Å². The minimum absolute atomic E-state index is 0.0241. The Kier molecular flexibility index (Phi) is 4.24. The molecule has 0 N–H and O–H groups in total. The second-order valence-corrected chi connectivity index (χ2v) is 11.7. The van der Waals surface area contributed by atoms with Crippen molar-refractivity contribution in [3.63, 3.8) is 0 Å². The van der Waals surface area contributed by atoms with E-state index in [1.54, 1.807) is 39.2 Å². The number of amides is 8. The van der Waals surface area contributed by atoms with Gasteiger partial charge in [0.15, 0.2) is 0 Å². The van der Waals surface area contributed by atoms with Crippen molar-refractivity contribution in [2.24, 2.45) is 0 Å². The van der Waals surface area contributed by atoms with E-state index in [1.807, 2.05) is 48.5 Å². The second-order valence-electron chi connectivity index (χ2n) is 11.7. The van der Waals surface area contributed by atoms with E-state index >= 15 is 0 Å². The SMILES string of the molecule is O=C1N2Cc3ccccc3CN3C(=O)N4CN5C(=O)N6Cc7ccccc7CN7C(=O)N(CN1C4CC23)C5CC76. The van der Waals surface area contributed by atoms with E-state index in [1.165, 1.54) is 0 Å². The summed E-state index contributed by atoms with van der Waals surface area (Å²) >= 11 is 0. The van der Waals surface area contributed by atoms with E-state index in [-0.39, 0.29) is 49.8 Å². The van der Waals surface area contributed by atoms with Gasteiger partial charge in [-0.05, 0) is 22.3 Å². The Balaban J connectivity index is 1.17. The molecule has 0 radical (unpaired) electrons. The highest BCUT2D eigenvalue weighted by Crippen LogP contribution is 2.43. The van der Waals surface area contributed by atoms with E-state index in [4.69, 9.17) is 0 Å². The third kappa shape index (κ3) is 2.75. The Morgan fingerprint density at radius 1 is 0.400 bits per heavy atom. The van der Waals surface area contributed by atoms with Gasteiger partial charge in [-0.3, -0.25) is 39.2 Å². The summed E-state index contributed by atoms with van der Waals surface area (Å²) in [5, 5.41) is 0. The normalized spacial score (nSPS) is 30.0. The number of fused-ring (bicyclic) bond motifs is 2. The minimum atomic E-state index is -0.538. The lowest BCUT2D eigenvalue weighted by Crippen LogP contribution is -2.81. The van der Waals surface area contributed by atoms with Crippen LogP contribution in [0.15, 0.2) is 48.5 Å². The van der Waals surface area contributed by atoms with Gasteiger partial charge in [0, 0.05) is 39.0 Å². The average Bonchev–Trinajstić information content (AvgIpc) is 3.24. The zero-order valence-electron chi connectivity index (χ0n) is 21.8. The first-order chi connectivity index (χ1) is 19.5. The molecule has 2 aromatic carbocycles. The third-order valence-corrected chi connectivity index (χ3v) is 9.90. The Morgan fingerprint density at radius 3 is 0.925 bits per heavy atom. The zero-order valence-corrected chi connectivity index (χ0v) is 21.8. The lowest BCUT2D eigenvalue weighted by atomic mass is 10.0. The molecular formula is C28H28N8O4. The maximum absolute atomic E-state index is 14.2. The van der Waals surface area contributed by atoms with E-state index in [2.05, 4.69) is 0 Å². The number of carbonyl (C=O) groups is 4. The molecule has 5 fully saturated rings.